The van der Waals surface area contributed by atoms with Crippen molar-refractivity contribution in [2.45, 2.75) is 19.9 Å². The number of benzene rings is 2. The number of hydrogen-bond acceptors (Lipinski definition) is 2. The van der Waals surface area contributed by atoms with Crippen LogP contribution in [0, 0.1) is 5.82 Å². The summed E-state index contributed by atoms with van der Waals surface area (Å²) in [5.74, 6) is 0.444. The molecule has 0 fully saturated rings. The minimum atomic E-state index is -0.273. The Morgan fingerprint density at radius 2 is 2.05 bits per heavy atom. The molecule has 0 aliphatic heterocycles. The Morgan fingerprint density at radius 1 is 1.24 bits per heavy atom. The Kier molecular flexibility index (Phi) is 3.55. The maximum Gasteiger partial charge on any atom is 0.142 e. The van der Waals surface area contributed by atoms with Gasteiger partial charge in [-0.25, -0.2) is 9.37 Å². The first-order valence-electron chi connectivity index (χ1n) is 6.81. The van der Waals surface area contributed by atoms with Crippen LogP contribution in [0.2, 0.25) is 5.02 Å². The summed E-state index contributed by atoms with van der Waals surface area (Å²) in [6, 6.07) is 9.89. The molecule has 0 atom stereocenters. The molecular weight excluding hydrogens is 289 g/mol. The average molecular weight is 304 g/mol. The highest BCUT2D eigenvalue weighted by Gasteiger charge is 2.15. The van der Waals surface area contributed by atoms with E-state index < -0.39 is 0 Å². The first-order chi connectivity index (χ1) is 10.1. The Labute approximate surface area is 127 Å². The summed E-state index contributed by atoms with van der Waals surface area (Å²) in [5.41, 5.74) is 8.76. The van der Waals surface area contributed by atoms with Crippen LogP contribution < -0.4 is 5.73 Å². The van der Waals surface area contributed by atoms with E-state index >= 15 is 0 Å². The van der Waals surface area contributed by atoms with Crippen LogP contribution in [-0.4, -0.2) is 9.55 Å². The molecule has 0 aliphatic carbocycles. The van der Waals surface area contributed by atoms with Crippen LogP contribution in [0.1, 0.15) is 13.3 Å². The van der Waals surface area contributed by atoms with Gasteiger partial charge in [0.05, 0.1) is 16.1 Å². The predicted octanol–water partition coefficient (Wildman–Crippen LogP) is 4.49. The first kappa shape index (κ1) is 13.9. The van der Waals surface area contributed by atoms with E-state index in [1.165, 1.54) is 12.1 Å². The molecule has 5 heteroatoms. The highest BCUT2D eigenvalue weighted by Crippen LogP contribution is 2.32. The molecular formula is C16H15ClFN3. The zero-order valence-corrected chi connectivity index (χ0v) is 12.4. The number of aryl methyl sites for hydroxylation is 1. The van der Waals surface area contributed by atoms with E-state index in [1.54, 1.807) is 24.3 Å². The quantitative estimate of drug-likeness (QED) is 0.725. The van der Waals surface area contributed by atoms with Gasteiger partial charge in [0, 0.05) is 17.8 Å². The molecule has 0 amide bonds. The fraction of sp³-hybridized carbons (Fsp3) is 0.188. The van der Waals surface area contributed by atoms with Gasteiger partial charge in [0.25, 0.3) is 0 Å². The van der Waals surface area contributed by atoms with Crippen LogP contribution in [0.3, 0.4) is 0 Å². The van der Waals surface area contributed by atoms with Crippen molar-refractivity contribution in [3.63, 3.8) is 0 Å². The Hall–Kier alpha value is -2.07. The third-order valence-electron chi connectivity index (χ3n) is 3.39. The zero-order valence-electron chi connectivity index (χ0n) is 11.6. The second-order valence-corrected chi connectivity index (χ2v) is 5.37. The van der Waals surface area contributed by atoms with Crippen LogP contribution >= 0.6 is 11.6 Å². The molecule has 108 valence electrons. The van der Waals surface area contributed by atoms with Gasteiger partial charge in [-0.15, -0.1) is 0 Å². The summed E-state index contributed by atoms with van der Waals surface area (Å²) >= 11 is 6.28. The van der Waals surface area contributed by atoms with Crippen LogP contribution in [0.5, 0.6) is 0 Å². The van der Waals surface area contributed by atoms with E-state index in [0.717, 1.165) is 35.4 Å². The largest absolute Gasteiger partial charge is 0.399 e. The summed E-state index contributed by atoms with van der Waals surface area (Å²) in [5, 5.41) is 0.581. The number of hydrogen-bond donors (Lipinski definition) is 1. The van der Waals surface area contributed by atoms with Crippen molar-refractivity contribution in [1.82, 2.24) is 9.55 Å². The van der Waals surface area contributed by atoms with Gasteiger partial charge in [-0.05, 0) is 42.8 Å². The van der Waals surface area contributed by atoms with Crippen LogP contribution in [0.25, 0.3) is 22.4 Å². The molecule has 0 saturated carbocycles. The fourth-order valence-corrected chi connectivity index (χ4v) is 2.67. The number of nitrogens with two attached hydrogens (primary N) is 1. The lowest BCUT2D eigenvalue weighted by atomic mass is 10.2. The van der Waals surface area contributed by atoms with E-state index in [0.29, 0.717) is 10.7 Å². The minimum Gasteiger partial charge on any atom is -0.399 e. The molecule has 2 N–H and O–H groups in total. The lowest BCUT2D eigenvalue weighted by Crippen LogP contribution is -2.00. The molecule has 3 rings (SSSR count). The molecule has 1 aromatic heterocycles. The number of nitrogen functional groups attached to an aromatic ring is 1. The predicted molar refractivity (Wildman–Crippen MR) is 84.8 cm³/mol. The van der Waals surface area contributed by atoms with E-state index in [2.05, 4.69) is 11.9 Å². The van der Waals surface area contributed by atoms with Crippen LogP contribution in [0.4, 0.5) is 10.1 Å². The van der Waals surface area contributed by atoms with Gasteiger partial charge >= 0.3 is 0 Å². The summed E-state index contributed by atoms with van der Waals surface area (Å²) in [7, 11) is 0. The van der Waals surface area contributed by atoms with Crippen molar-refractivity contribution >= 4 is 28.3 Å². The number of anilines is 1. The molecule has 3 nitrogen and oxygen atoms in total. The monoisotopic (exact) mass is 303 g/mol. The molecule has 0 spiro atoms. The number of nitrogens with zero attached hydrogens (tertiary/aromatic N) is 2. The number of fused-ring (bicyclic) bond motifs is 1. The summed E-state index contributed by atoms with van der Waals surface area (Å²) in [4.78, 5) is 4.60. The van der Waals surface area contributed by atoms with E-state index in [1.807, 2.05) is 4.57 Å². The van der Waals surface area contributed by atoms with Crippen molar-refractivity contribution < 1.29 is 4.39 Å². The van der Waals surface area contributed by atoms with Gasteiger partial charge in [-0.1, -0.05) is 18.5 Å². The number of rotatable bonds is 3. The van der Waals surface area contributed by atoms with Crippen molar-refractivity contribution in [3.05, 3.63) is 47.2 Å². The molecule has 0 bridgehead atoms. The minimum absolute atomic E-state index is 0.273. The Morgan fingerprint density at radius 3 is 2.81 bits per heavy atom. The van der Waals surface area contributed by atoms with E-state index in [9.17, 15) is 4.39 Å². The van der Waals surface area contributed by atoms with Gasteiger partial charge in [0.1, 0.15) is 11.6 Å². The number of imidazole rings is 1. The summed E-state index contributed by atoms with van der Waals surface area (Å²) < 4.78 is 15.5. The van der Waals surface area contributed by atoms with Gasteiger partial charge in [-0.3, -0.25) is 0 Å². The Bertz CT molecular complexity index is 811. The Balaban J connectivity index is 2.30. The molecule has 0 unspecified atom stereocenters. The third-order valence-corrected chi connectivity index (χ3v) is 3.72. The average Bonchev–Trinajstić information content (AvgIpc) is 2.80. The molecule has 2 aromatic carbocycles. The highest BCUT2D eigenvalue weighted by atomic mass is 35.5. The van der Waals surface area contributed by atoms with Crippen molar-refractivity contribution in [2.75, 3.05) is 5.73 Å². The standard InChI is InChI=1S/C16H15ClFN3/c1-2-7-21-15-8-10(18)3-6-14(15)20-16(21)12-9-11(19)4-5-13(12)17/h3-6,8-9H,2,7,19H2,1H3. The number of halogens is 2. The van der Waals surface area contributed by atoms with Crippen molar-refractivity contribution in [1.29, 1.82) is 0 Å². The topological polar surface area (TPSA) is 43.8 Å². The lowest BCUT2D eigenvalue weighted by molar-refractivity contribution is 0.627. The smallest absolute Gasteiger partial charge is 0.142 e. The molecule has 1 heterocycles. The summed E-state index contributed by atoms with van der Waals surface area (Å²) in [6.07, 6.45) is 0.912. The third kappa shape index (κ3) is 2.47. The van der Waals surface area contributed by atoms with E-state index in [4.69, 9.17) is 17.3 Å². The van der Waals surface area contributed by atoms with Crippen LogP contribution in [-0.2, 0) is 6.54 Å². The first-order valence-corrected chi connectivity index (χ1v) is 7.19. The van der Waals surface area contributed by atoms with E-state index in [-0.39, 0.29) is 5.82 Å². The lowest BCUT2D eigenvalue weighted by Gasteiger charge is -2.09. The summed E-state index contributed by atoms with van der Waals surface area (Å²) in [6.45, 7) is 2.80. The molecule has 0 radical (unpaired) electrons. The van der Waals surface area contributed by atoms with Gasteiger partial charge in [0.15, 0.2) is 0 Å². The highest BCUT2D eigenvalue weighted by molar-refractivity contribution is 6.33. The van der Waals surface area contributed by atoms with Gasteiger partial charge in [-0.2, -0.15) is 0 Å². The SMILES string of the molecule is CCCn1c(-c2cc(N)ccc2Cl)nc2ccc(F)cc21. The molecule has 3 aromatic rings. The maximum atomic E-state index is 13.5. The van der Waals surface area contributed by atoms with Gasteiger partial charge in [0.2, 0.25) is 0 Å². The molecule has 0 aliphatic rings. The van der Waals surface area contributed by atoms with Crippen molar-refractivity contribution in [3.8, 4) is 11.4 Å². The maximum absolute atomic E-state index is 13.5. The fourth-order valence-electron chi connectivity index (χ4n) is 2.47. The normalized spacial score (nSPS) is 11.2. The second-order valence-electron chi connectivity index (χ2n) is 4.96. The second kappa shape index (κ2) is 5.37. The molecule has 0 saturated heterocycles. The number of aromatic nitrogens is 2. The zero-order chi connectivity index (χ0) is 15.0. The van der Waals surface area contributed by atoms with Crippen molar-refractivity contribution in [2.24, 2.45) is 0 Å². The van der Waals surface area contributed by atoms with Crippen LogP contribution in [0.15, 0.2) is 36.4 Å². The molecule has 21 heavy (non-hydrogen) atoms. The van der Waals surface area contributed by atoms with Gasteiger partial charge < -0.3 is 10.3 Å².